The molecule has 2 aromatic carbocycles. The molecule has 0 amide bonds. The van der Waals surface area contributed by atoms with Crippen LogP contribution in [0.15, 0.2) is 68.4 Å². The van der Waals surface area contributed by atoms with Crippen molar-refractivity contribution in [3.8, 4) is 23.0 Å². The lowest BCUT2D eigenvalue weighted by atomic mass is 10.1. The molecule has 10 heteroatoms. The first-order valence-electron chi connectivity index (χ1n) is 9.13. The third-order valence-electron chi connectivity index (χ3n) is 4.63. The topological polar surface area (TPSA) is 139 Å². The highest BCUT2D eigenvalue weighted by Gasteiger charge is 2.26. The molecule has 0 atom stereocenters. The summed E-state index contributed by atoms with van der Waals surface area (Å²) in [7, 11) is 0. The second kappa shape index (κ2) is 7.75. The number of hydrogen-bond donors (Lipinski definition) is 0. The maximum atomic E-state index is 13.3. The van der Waals surface area contributed by atoms with Gasteiger partial charge in [-0.2, -0.15) is 0 Å². The Hall–Kier alpha value is -4.47. The first-order valence-corrected chi connectivity index (χ1v) is 9.13. The Morgan fingerprint density at radius 1 is 1.03 bits per heavy atom. The van der Waals surface area contributed by atoms with Gasteiger partial charge in [0.15, 0.2) is 5.76 Å². The van der Waals surface area contributed by atoms with Crippen LogP contribution >= 0.6 is 0 Å². The fourth-order valence-corrected chi connectivity index (χ4v) is 3.07. The van der Waals surface area contributed by atoms with E-state index in [2.05, 4.69) is 0 Å². The quantitative estimate of drug-likeness (QED) is 0.304. The van der Waals surface area contributed by atoms with Gasteiger partial charge in [0.2, 0.25) is 22.7 Å². The zero-order valence-electron chi connectivity index (χ0n) is 16.1. The van der Waals surface area contributed by atoms with Crippen molar-refractivity contribution in [3.05, 3.63) is 90.8 Å². The summed E-state index contributed by atoms with van der Waals surface area (Å²) in [6.07, 6.45) is 2.05. The SMILES string of the molecule is CCc1ccc2oc(-c3ccco3)c(Oc3ccc([N+](=O)[O-])cc3[N+](=O)[O-])c(=O)c2c1. The zero-order valence-corrected chi connectivity index (χ0v) is 16.1. The van der Waals surface area contributed by atoms with Gasteiger partial charge in [-0.3, -0.25) is 25.0 Å². The van der Waals surface area contributed by atoms with E-state index in [0.29, 0.717) is 12.0 Å². The van der Waals surface area contributed by atoms with Crippen molar-refractivity contribution in [2.24, 2.45) is 0 Å². The predicted octanol–water partition coefficient (Wildman–Crippen LogP) is 5.22. The minimum atomic E-state index is -0.827. The van der Waals surface area contributed by atoms with Crippen LogP contribution < -0.4 is 10.2 Å². The molecular formula is C21H14N2O8. The molecule has 2 heterocycles. The number of hydrogen-bond acceptors (Lipinski definition) is 8. The van der Waals surface area contributed by atoms with Crippen molar-refractivity contribution in [1.82, 2.24) is 0 Å². The van der Waals surface area contributed by atoms with E-state index in [-0.39, 0.29) is 28.4 Å². The molecule has 0 aliphatic heterocycles. The van der Waals surface area contributed by atoms with E-state index in [4.69, 9.17) is 13.6 Å². The fourth-order valence-electron chi connectivity index (χ4n) is 3.07. The van der Waals surface area contributed by atoms with Crippen LogP contribution in [-0.4, -0.2) is 9.85 Å². The largest absolute Gasteiger partial charge is 0.461 e. The first kappa shape index (κ1) is 19.8. The number of nitro groups is 2. The number of aryl methyl sites for hydroxylation is 1. The third-order valence-corrected chi connectivity index (χ3v) is 4.63. The monoisotopic (exact) mass is 422 g/mol. The first-order chi connectivity index (χ1) is 14.9. The fraction of sp³-hybridized carbons (Fsp3) is 0.0952. The number of nitrogens with zero attached hydrogens (tertiary/aromatic N) is 2. The summed E-state index contributed by atoms with van der Waals surface area (Å²) in [4.78, 5) is 34.1. The summed E-state index contributed by atoms with van der Waals surface area (Å²) in [6.45, 7) is 1.93. The van der Waals surface area contributed by atoms with Gasteiger partial charge in [0.1, 0.15) is 5.58 Å². The van der Waals surface area contributed by atoms with Gasteiger partial charge in [-0.1, -0.05) is 13.0 Å². The lowest BCUT2D eigenvalue weighted by molar-refractivity contribution is -0.394. The Morgan fingerprint density at radius 3 is 2.48 bits per heavy atom. The van der Waals surface area contributed by atoms with Crippen LogP contribution in [0.25, 0.3) is 22.5 Å². The summed E-state index contributed by atoms with van der Waals surface area (Å²) in [6, 6.07) is 11.1. The minimum Gasteiger partial charge on any atom is -0.461 e. The number of ether oxygens (including phenoxy) is 1. The number of benzene rings is 2. The highest BCUT2D eigenvalue weighted by atomic mass is 16.6. The molecule has 31 heavy (non-hydrogen) atoms. The molecule has 0 spiro atoms. The van der Waals surface area contributed by atoms with Crippen LogP contribution in [0.1, 0.15) is 12.5 Å². The van der Waals surface area contributed by atoms with Crippen molar-refractivity contribution in [1.29, 1.82) is 0 Å². The van der Waals surface area contributed by atoms with Crippen molar-refractivity contribution in [3.63, 3.8) is 0 Å². The lowest BCUT2D eigenvalue weighted by Gasteiger charge is -2.10. The second-order valence-electron chi connectivity index (χ2n) is 6.52. The Morgan fingerprint density at radius 2 is 1.84 bits per heavy atom. The predicted molar refractivity (Wildman–Crippen MR) is 109 cm³/mol. The highest BCUT2D eigenvalue weighted by Crippen LogP contribution is 2.38. The van der Waals surface area contributed by atoms with E-state index in [1.54, 1.807) is 24.3 Å². The maximum absolute atomic E-state index is 13.3. The van der Waals surface area contributed by atoms with E-state index in [0.717, 1.165) is 23.8 Å². The molecule has 0 fully saturated rings. The molecule has 0 radical (unpaired) electrons. The van der Waals surface area contributed by atoms with Crippen LogP contribution in [0.3, 0.4) is 0 Å². The molecule has 0 saturated heterocycles. The molecule has 0 N–H and O–H groups in total. The smallest absolute Gasteiger partial charge is 0.318 e. The maximum Gasteiger partial charge on any atom is 0.318 e. The minimum absolute atomic E-state index is 0.0561. The number of nitro benzene ring substituents is 2. The Kier molecular flexibility index (Phi) is 4.96. The lowest BCUT2D eigenvalue weighted by Crippen LogP contribution is -2.08. The summed E-state index contributed by atoms with van der Waals surface area (Å²) in [5.74, 6) is -0.549. The van der Waals surface area contributed by atoms with Gasteiger partial charge in [0, 0.05) is 6.07 Å². The van der Waals surface area contributed by atoms with Gasteiger partial charge in [-0.05, 0) is 42.3 Å². The molecule has 10 nitrogen and oxygen atoms in total. The van der Waals surface area contributed by atoms with Gasteiger partial charge in [-0.15, -0.1) is 0 Å². The van der Waals surface area contributed by atoms with Gasteiger partial charge < -0.3 is 13.6 Å². The van der Waals surface area contributed by atoms with Crippen molar-refractivity contribution < 1.29 is 23.4 Å². The van der Waals surface area contributed by atoms with E-state index >= 15 is 0 Å². The van der Waals surface area contributed by atoms with E-state index < -0.39 is 26.7 Å². The van der Waals surface area contributed by atoms with Crippen LogP contribution in [0, 0.1) is 20.2 Å². The van der Waals surface area contributed by atoms with Gasteiger partial charge >= 0.3 is 5.69 Å². The highest BCUT2D eigenvalue weighted by molar-refractivity contribution is 5.82. The summed E-state index contributed by atoms with van der Waals surface area (Å²) >= 11 is 0. The molecule has 4 aromatic rings. The van der Waals surface area contributed by atoms with Gasteiger partial charge in [0.05, 0.1) is 27.6 Å². The summed E-state index contributed by atoms with van der Waals surface area (Å²) in [5.41, 5.74) is -0.530. The van der Waals surface area contributed by atoms with Crippen LogP contribution in [-0.2, 0) is 6.42 Å². The van der Waals surface area contributed by atoms with Gasteiger partial charge in [-0.25, -0.2) is 0 Å². The molecule has 0 unspecified atom stereocenters. The average Bonchev–Trinajstić information content (AvgIpc) is 3.30. The molecule has 0 aliphatic rings. The normalized spacial score (nSPS) is 10.9. The van der Waals surface area contributed by atoms with Crippen molar-refractivity contribution in [2.75, 3.05) is 0 Å². The third kappa shape index (κ3) is 3.62. The number of rotatable bonds is 6. The van der Waals surface area contributed by atoms with E-state index in [9.17, 15) is 25.0 Å². The molecule has 4 rings (SSSR count). The number of non-ortho nitro benzene ring substituents is 1. The van der Waals surface area contributed by atoms with Crippen LogP contribution in [0.4, 0.5) is 11.4 Å². The van der Waals surface area contributed by atoms with E-state index in [1.807, 2.05) is 13.0 Å². The second-order valence-corrected chi connectivity index (χ2v) is 6.52. The summed E-state index contributed by atoms with van der Waals surface area (Å²) < 4.78 is 16.8. The molecular weight excluding hydrogens is 408 g/mol. The zero-order chi connectivity index (χ0) is 22.1. The van der Waals surface area contributed by atoms with Crippen molar-refractivity contribution >= 4 is 22.3 Å². The molecule has 0 saturated carbocycles. The molecule has 0 aliphatic carbocycles. The molecule has 156 valence electrons. The molecule has 0 bridgehead atoms. The number of furan rings is 1. The molecule has 2 aromatic heterocycles. The average molecular weight is 422 g/mol. The van der Waals surface area contributed by atoms with Crippen molar-refractivity contribution in [2.45, 2.75) is 13.3 Å². The summed E-state index contributed by atoms with van der Waals surface area (Å²) in [5, 5.41) is 22.7. The Labute approximate surface area is 173 Å². The standard InChI is InChI=1S/C21H14N2O8/c1-2-12-5-7-16-14(10-12)19(24)21(20(30-16)18-4-3-9-29-18)31-17-8-6-13(22(25)26)11-15(17)23(27)28/h3-11H,2H2,1H3. The van der Waals surface area contributed by atoms with Gasteiger partial charge in [0.25, 0.3) is 5.69 Å². The Bertz CT molecular complexity index is 1370. The van der Waals surface area contributed by atoms with Crippen LogP contribution in [0.2, 0.25) is 0 Å². The Balaban J connectivity index is 1.95. The van der Waals surface area contributed by atoms with E-state index in [1.165, 1.54) is 6.26 Å². The number of fused-ring (bicyclic) bond motifs is 1. The van der Waals surface area contributed by atoms with Crippen LogP contribution in [0.5, 0.6) is 11.5 Å².